The molecule has 1 saturated heterocycles. The summed E-state index contributed by atoms with van der Waals surface area (Å²) in [6.45, 7) is 2.65. The zero-order valence-electron chi connectivity index (χ0n) is 11.4. The molecule has 0 saturated carbocycles. The van der Waals surface area contributed by atoms with Gasteiger partial charge in [-0.1, -0.05) is 12.1 Å². The number of aryl methyl sites for hydroxylation is 1. The normalized spacial score (nSPS) is 18.1. The maximum atomic E-state index is 12.5. The fraction of sp³-hybridized carbons (Fsp3) is 0.500. The number of piperidine rings is 1. The van der Waals surface area contributed by atoms with E-state index in [1.54, 1.807) is 18.2 Å². The smallest absolute Gasteiger partial charge is 0.303 e. The second-order valence-electron chi connectivity index (χ2n) is 5.26. The molecule has 0 atom stereocenters. The van der Waals surface area contributed by atoms with E-state index in [0.29, 0.717) is 30.8 Å². The zero-order valence-corrected chi connectivity index (χ0v) is 12.3. The summed E-state index contributed by atoms with van der Waals surface area (Å²) in [5, 5.41) is 8.77. The van der Waals surface area contributed by atoms with E-state index in [4.69, 9.17) is 5.11 Å². The van der Waals surface area contributed by atoms with E-state index >= 15 is 0 Å². The molecule has 2 rings (SSSR count). The molecule has 0 spiro atoms. The topological polar surface area (TPSA) is 74.7 Å². The quantitative estimate of drug-likeness (QED) is 0.920. The molecule has 5 nitrogen and oxygen atoms in total. The van der Waals surface area contributed by atoms with Crippen LogP contribution in [-0.4, -0.2) is 36.9 Å². The third-order valence-electron chi connectivity index (χ3n) is 3.66. The van der Waals surface area contributed by atoms with Crippen LogP contribution in [0.25, 0.3) is 0 Å². The zero-order chi connectivity index (χ0) is 14.8. The Bertz CT molecular complexity index is 589. The van der Waals surface area contributed by atoms with Gasteiger partial charge in [-0.15, -0.1) is 0 Å². The number of sulfonamides is 1. The Hall–Kier alpha value is -1.40. The van der Waals surface area contributed by atoms with Crippen molar-refractivity contribution >= 4 is 16.0 Å². The van der Waals surface area contributed by atoms with E-state index in [9.17, 15) is 13.2 Å². The Morgan fingerprint density at radius 1 is 1.35 bits per heavy atom. The Kier molecular flexibility index (Phi) is 4.45. The first-order chi connectivity index (χ1) is 9.39. The largest absolute Gasteiger partial charge is 0.481 e. The summed E-state index contributed by atoms with van der Waals surface area (Å²) in [6.07, 6.45) is 1.34. The maximum absolute atomic E-state index is 12.5. The predicted molar refractivity (Wildman–Crippen MR) is 74.9 cm³/mol. The Morgan fingerprint density at radius 3 is 2.55 bits per heavy atom. The maximum Gasteiger partial charge on any atom is 0.303 e. The lowest BCUT2D eigenvalue weighted by atomic mass is 9.95. The molecule has 0 amide bonds. The van der Waals surface area contributed by atoms with Crippen LogP contribution in [0.3, 0.4) is 0 Å². The average Bonchev–Trinajstić information content (AvgIpc) is 2.38. The van der Waals surface area contributed by atoms with E-state index in [-0.39, 0.29) is 12.3 Å². The second kappa shape index (κ2) is 5.93. The summed E-state index contributed by atoms with van der Waals surface area (Å²) in [4.78, 5) is 11.0. The predicted octanol–water partition coefficient (Wildman–Crippen LogP) is 1.87. The molecule has 110 valence electrons. The fourth-order valence-corrected chi connectivity index (χ4v) is 4.10. The highest BCUT2D eigenvalue weighted by molar-refractivity contribution is 7.89. The van der Waals surface area contributed by atoms with Crippen molar-refractivity contribution in [1.29, 1.82) is 0 Å². The standard InChI is InChI=1S/C14H19NO4S/c1-11-3-2-4-13(9-11)20(18,19)15-7-5-12(6-8-15)10-14(16)17/h2-4,9,12H,5-8,10H2,1H3,(H,16,17). The number of hydrogen-bond donors (Lipinski definition) is 1. The molecule has 0 aliphatic carbocycles. The Labute approximate surface area is 119 Å². The van der Waals surface area contributed by atoms with Crippen LogP contribution in [0.4, 0.5) is 0 Å². The van der Waals surface area contributed by atoms with Gasteiger partial charge in [0.05, 0.1) is 4.90 Å². The van der Waals surface area contributed by atoms with Gasteiger partial charge in [-0.05, 0) is 43.4 Å². The van der Waals surface area contributed by atoms with Crippen LogP contribution in [0.2, 0.25) is 0 Å². The third-order valence-corrected chi connectivity index (χ3v) is 5.56. The van der Waals surface area contributed by atoms with Crippen molar-refractivity contribution in [1.82, 2.24) is 4.31 Å². The molecular weight excluding hydrogens is 278 g/mol. The van der Waals surface area contributed by atoms with Gasteiger partial charge in [0.15, 0.2) is 0 Å². The van der Waals surface area contributed by atoms with Crippen LogP contribution in [-0.2, 0) is 14.8 Å². The van der Waals surface area contributed by atoms with E-state index in [1.165, 1.54) is 4.31 Å². The number of aliphatic carboxylic acids is 1. The molecule has 1 heterocycles. The second-order valence-corrected chi connectivity index (χ2v) is 7.20. The summed E-state index contributed by atoms with van der Waals surface area (Å²) in [5.74, 6) is -0.735. The molecule has 1 aromatic rings. The number of rotatable bonds is 4. The van der Waals surface area contributed by atoms with Crippen LogP contribution in [0.15, 0.2) is 29.2 Å². The van der Waals surface area contributed by atoms with Crippen molar-refractivity contribution in [2.24, 2.45) is 5.92 Å². The van der Waals surface area contributed by atoms with Crippen LogP contribution < -0.4 is 0 Å². The van der Waals surface area contributed by atoms with Gasteiger partial charge in [0.1, 0.15) is 0 Å². The lowest BCUT2D eigenvalue weighted by molar-refractivity contribution is -0.138. The molecule has 1 fully saturated rings. The number of carboxylic acid groups (broad SMARTS) is 1. The van der Waals surface area contributed by atoms with Gasteiger partial charge in [-0.2, -0.15) is 4.31 Å². The van der Waals surface area contributed by atoms with Gasteiger partial charge in [0.25, 0.3) is 0 Å². The van der Waals surface area contributed by atoms with Crippen LogP contribution in [0.5, 0.6) is 0 Å². The summed E-state index contributed by atoms with van der Waals surface area (Å²) < 4.78 is 26.4. The molecular formula is C14H19NO4S. The summed E-state index contributed by atoms with van der Waals surface area (Å²) in [5.41, 5.74) is 0.909. The monoisotopic (exact) mass is 297 g/mol. The van der Waals surface area contributed by atoms with Crippen LogP contribution in [0.1, 0.15) is 24.8 Å². The molecule has 1 aliphatic rings. The Morgan fingerprint density at radius 2 is 2.00 bits per heavy atom. The van der Waals surface area contributed by atoms with Gasteiger partial charge in [0, 0.05) is 19.5 Å². The van der Waals surface area contributed by atoms with Crippen LogP contribution >= 0.6 is 0 Å². The molecule has 1 N–H and O–H groups in total. The van der Waals surface area contributed by atoms with E-state index in [1.807, 2.05) is 13.0 Å². The number of carbonyl (C=O) groups is 1. The van der Waals surface area contributed by atoms with Gasteiger partial charge in [-0.25, -0.2) is 8.42 Å². The van der Waals surface area contributed by atoms with E-state index < -0.39 is 16.0 Å². The highest BCUT2D eigenvalue weighted by Gasteiger charge is 2.30. The van der Waals surface area contributed by atoms with Gasteiger partial charge >= 0.3 is 5.97 Å². The number of carboxylic acids is 1. The molecule has 0 bridgehead atoms. The van der Waals surface area contributed by atoms with Crippen molar-refractivity contribution in [2.75, 3.05) is 13.1 Å². The lowest BCUT2D eigenvalue weighted by Crippen LogP contribution is -2.38. The van der Waals surface area contributed by atoms with Gasteiger partial charge in [0.2, 0.25) is 10.0 Å². The first kappa shape index (κ1) is 15.0. The molecule has 1 aliphatic heterocycles. The lowest BCUT2D eigenvalue weighted by Gasteiger charge is -2.30. The minimum absolute atomic E-state index is 0.0801. The molecule has 0 radical (unpaired) electrons. The van der Waals surface area contributed by atoms with E-state index in [0.717, 1.165) is 5.56 Å². The van der Waals surface area contributed by atoms with Crippen molar-refractivity contribution in [3.8, 4) is 0 Å². The summed E-state index contributed by atoms with van der Waals surface area (Å²) in [6, 6.07) is 6.86. The summed E-state index contributed by atoms with van der Waals surface area (Å²) >= 11 is 0. The van der Waals surface area contributed by atoms with E-state index in [2.05, 4.69) is 0 Å². The average molecular weight is 297 g/mol. The van der Waals surface area contributed by atoms with Crippen molar-refractivity contribution in [3.05, 3.63) is 29.8 Å². The first-order valence-electron chi connectivity index (χ1n) is 6.68. The Balaban J connectivity index is 2.08. The number of benzene rings is 1. The minimum Gasteiger partial charge on any atom is -0.481 e. The number of hydrogen-bond acceptors (Lipinski definition) is 3. The van der Waals surface area contributed by atoms with Gasteiger partial charge < -0.3 is 5.11 Å². The highest BCUT2D eigenvalue weighted by Crippen LogP contribution is 2.25. The molecule has 0 unspecified atom stereocenters. The van der Waals surface area contributed by atoms with Crippen molar-refractivity contribution in [3.63, 3.8) is 0 Å². The molecule has 1 aromatic carbocycles. The molecule has 6 heteroatoms. The van der Waals surface area contributed by atoms with Crippen molar-refractivity contribution in [2.45, 2.75) is 31.1 Å². The van der Waals surface area contributed by atoms with Crippen molar-refractivity contribution < 1.29 is 18.3 Å². The molecule has 0 aromatic heterocycles. The number of nitrogens with zero attached hydrogens (tertiary/aromatic N) is 1. The minimum atomic E-state index is -3.45. The summed E-state index contributed by atoms with van der Waals surface area (Å²) in [7, 11) is -3.45. The highest BCUT2D eigenvalue weighted by atomic mass is 32.2. The molecule has 20 heavy (non-hydrogen) atoms. The SMILES string of the molecule is Cc1cccc(S(=O)(=O)N2CCC(CC(=O)O)CC2)c1. The van der Waals surface area contributed by atoms with Crippen LogP contribution in [0, 0.1) is 12.8 Å². The fourth-order valence-electron chi connectivity index (χ4n) is 2.53. The van der Waals surface area contributed by atoms with Gasteiger partial charge in [-0.3, -0.25) is 4.79 Å². The first-order valence-corrected chi connectivity index (χ1v) is 8.12. The third kappa shape index (κ3) is 3.37.